The van der Waals surface area contributed by atoms with E-state index >= 15 is 0 Å². The quantitative estimate of drug-likeness (QED) is 0.381. The molecule has 0 aliphatic heterocycles. The van der Waals surface area contributed by atoms with Gasteiger partial charge in [0.15, 0.2) is 5.13 Å². The van der Waals surface area contributed by atoms with Crippen LogP contribution in [-0.4, -0.2) is 47.9 Å². The van der Waals surface area contributed by atoms with Crippen molar-refractivity contribution >= 4 is 34.2 Å². The van der Waals surface area contributed by atoms with E-state index in [0.29, 0.717) is 29.6 Å². The lowest BCUT2D eigenvalue weighted by Gasteiger charge is -2.31. The molecule has 9 nitrogen and oxygen atoms in total. The average Bonchev–Trinajstić information content (AvgIpc) is 3.53. The minimum atomic E-state index is -0.905. The second-order valence-corrected chi connectivity index (χ2v) is 8.48. The third-order valence-electron chi connectivity index (χ3n) is 5.03. The number of aromatic nitrogens is 1. The van der Waals surface area contributed by atoms with E-state index in [-0.39, 0.29) is 37.1 Å². The van der Waals surface area contributed by atoms with Crippen LogP contribution >= 0.6 is 11.3 Å². The van der Waals surface area contributed by atoms with Crippen molar-refractivity contribution in [2.75, 3.05) is 25.6 Å². The van der Waals surface area contributed by atoms with Crippen LogP contribution in [0.25, 0.3) is 0 Å². The van der Waals surface area contributed by atoms with Crippen LogP contribution in [0, 0.1) is 6.92 Å². The van der Waals surface area contributed by atoms with Crippen molar-refractivity contribution in [1.82, 2.24) is 15.2 Å². The van der Waals surface area contributed by atoms with Crippen molar-refractivity contribution in [2.45, 2.75) is 32.4 Å². The molecule has 34 heavy (non-hydrogen) atoms. The molecule has 1 atom stereocenters. The van der Waals surface area contributed by atoms with E-state index in [2.05, 4.69) is 15.6 Å². The van der Waals surface area contributed by atoms with Gasteiger partial charge in [0.2, 0.25) is 17.7 Å². The van der Waals surface area contributed by atoms with Gasteiger partial charge in [-0.25, -0.2) is 4.98 Å². The zero-order valence-electron chi connectivity index (χ0n) is 19.2. The van der Waals surface area contributed by atoms with E-state index in [1.807, 2.05) is 31.2 Å². The molecular formula is C24H28N4O5S. The van der Waals surface area contributed by atoms with Crippen molar-refractivity contribution in [3.05, 3.63) is 71.1 Å². The van der Waals surface area contributed by atoms with Crippen LogP contribution in [0.1, 0.15) is 35.8 Å². The van der Waals surface area contributed by atoms with Crippen LogP contribution in [0.3, 0.4) is 0 Å². The molecule has 2 N–H and O–H groups in total. The number of carbonyl (C=O) groups is 3. The number of carbonyl (C=O) groups excluding carboxylic acids is 3. The number of benzene rings is 1. The zero-order chi connectivity index (χ0) is 24.3. The summed E-state index contributed by atoms with van der Waals surface area (Å²) >= 11 is 1.30. The van der Waals surface area contributed by atoms with Crippen LogP contribution in [0.15, 0.2) is 58.7 Å². The van der Waals surface area contributed by atoms with Gasteiger partial charge >= 0.3 is 0 Å². The van der Waals surface area contributed by atoms with Crippen molar-refractivity contribution in [3.8, 4) is 0 Å². The van der Waals surface area contributed by atoms with E-state index in [0.717, 1.165) is 5.56 Å². The van der Waals surface area contributed by atoms with Gasteiger partial charge in [-0.2, -0.15) is 0 Å². The van der Waals surface area contributed by atoms with Crippen LogP contribution in [-0.2, 0) is 25.7 Å². The molecule has 2 heterocycles. The number of aryl methyl sites for hydroxylation is 1. The third kappa shape index (κ3) is 7.26. The number of hydrogen-bond donors (Lipinski definition) is 2. The molecule has 0 unspecified atom stereocenters. The Morgan fingerprint density at radius 3 is 2.62 bits per heavy atom. The van der Waals surface area contributed by atoms with Gasteiger partial charge in [-0.1, -0.05) is 29.8 Å². The number of hydrogen-bond acceptors (Lipinski definition) is 7. The van der Waals surface area contributed by atoms with Crippen LogP contribution in [0.5, 0.6) is 0 Å². The first kappa shape index (κ1) is 25.1. The average molecular weight is 485 g/mol. The second-order valence-electron chi connectivity index (χ2n) is 7.58. The Morgan fingerprint density at radius 2 is 1.97 bits per heavy atom. The number of ether oxygens (including phenoxy) is 1. The maximum Gasteiger partial charge on any atom is 0.247 e. The Labute approximate surface area is 202 Å². The topological polar surface area (TPSA) is 114 Å². The number of furan rings is 1. The largest absolute Gasteiger partial charge is 0.467 e. The summed E-state index contributed by atoms with van der Waals surface area (Å²) in [5.41, 5.74) is 1.69. The Balaban J connectivity index is 1.82. The lowest BCUT2D eigenvalue weighted by molar-refractivity contribution is -0.142. The fourth-order valence-electron chi connectivity index (χ4n) is 3.32. The fraction of sp³-hybridized carbons (Fsp3) is 0.333. The summed E-state index contributed by atoms with van der Waals surface area (Å²) < 4.78 is 10.5. The van der Waals surface area contributed by atoms with Gasteiger partial charge in [-0.15, -0.1) is 11.3 Å². The summed E-state index contributed by atoms with van der Waals surface area (Å²) in [6, 6.07) is 9.99. The molecule has 3 amide bonds. The summed E-state index contributed by atoms with van der Waals surface area (Å²) in [6.45, 7) is 2.67. The standard InChI is InChI=1S/C24H28N4O5S/c1-17-5-7-18(8-6-17)22(23(31)25-11-14-32-2)28(16-19-4-3-13-33-19)21(30)10-9-20(29)27-24-26-12-15-34-24/h3-8,12-13,15,22H,9-11,14,16H2,1-2H3,(H,25,31)(H,26,27,29)/t22-/m0/s1. The molecule has 0 bridgehead atoms. The molecule has 0 spiro atoms. The molecule has 1 aromatic carbocycles. The highest BCUT2D eigenvalue weighted by atomic mass is 32.1. The highest BCUT2D eigenvalue weighted by molar-refractivity contribution is 7.13. The lowest BCUT2D eigenvalue weighted by Crippen LogP contribution is -2.44. The van der Waals surface area contributed by atoms with Gasteiger partial charge in [0.25, 0.3) is 0 Å². The molecule has 180 valence electrons. The predicted octanol–water partition coefficient (Wildman–Crippen LogP) is 3.30. The second kappa shape index (κ2) is 12.7. The summed E-state index contributed by atoms with van der Waals surface area (Å²) in [5, 5.41) is 7.73. The number of nitrogens with zero attached hydrogens (tertiary/aromatic N) is 2. The highest BCUT2D eigenvalue weighted by Gasteiger charge is 2.32. The molecule has 0 aliphatic carbocycles. The molecular weight excluding hydrogens is 456 g/mol. The zero-order valence-corrected chi connectivity index (χ0v) is 20.0. The normalized spacial score (nSPS) is 11.6. The Bertz CT molecular complexity index is 1050. The lowest BCUT2D eigenvalue weighted by atomic mass is 10.0. The smallest absolute Gasteiger partial charge is 0.247 e. The van der Waals surface area contributed by atoms with Gasteiger partial charge < -0.3 is 24.7 Å². The molecule has 3 aromatic rings. The number of nitrogens with one attached hydrogen (secondary N) is 2. The molecule has 0 radical (unpaired) electrons. The molecule has 0 fully saturated rings. The Morgan fingerprint density at radius 1 is 1.18 bits per heavy atom. The van der Waals surface area contributed by atoms with E-state index in [4.69, 9.17) is 9.15 Å². The predicted molar refractivity (Wildman–Crippen MR) is 128 cm³/mol. The Hall–Kier alpha value is -3.50. The van der Waals surface area contributed by atoms with Crippen LogP contribution < -0.4 is 10.6 Å². The fourth-order valence-corrected chi connectivity index (χ4v) is 3.86. The van der Waals surface area contributed by atoms with Gasteiger partial charge in [0, 0.05) is 38.1 Å². The summed E-state index contributed by atoms with van der Waals surface area (Å²) in [4.78, 5) is 44.4. The van der Waals surface area contributed by atoms with Crippen LogP contribution in [0.4, 0.5) is 5.13 Å². The first-order valence-corrected chi connectivity index (χ1v) is 11.7. The van der Waals surface area contributed by atoms with E-state index in [1.165, 1.54) is 22.5 Å². The molecule has 0 saturated carbocycles. The minimum Gasteiger partial charge on any atom is -0.467 e. The number of anilines is 1. The SMILES string of the molecule is COCCNC(=O)[C@H](c1ccc(C)cc1)N(Cc1ccco1)C(=O)CCC(=O)Nc1nccs1. The van der Waals surface area contributed by atoms with Gasteiger partial charge in [0.1, 0.15) is 11.8 Å². The monoisotopic (exact) mass is 484 g/mol. The van der Waals surface area contributed by atoms with Crippen molar-refractivity contribution in [3.63, 3.8) is 0 Å². The minimum absolute atomic E-state index is 0.0427. The number of thiazole rings is 1. The highest BCUT2D eigenvalue weighted by Crippen LogP contribution is 2.26. The molecule has 3 rings (SSSR count). The first-order chi connectivity index (χ1) is 16.5. The summed E-state index contributed by atoms with van der Waals surface area (Å²) in [5.74, 6) is -0.480. The number of methoxy groups -OCH3 is 1. The summed E-state index contributed by atoms with van der Waals surface area (Å²) in [6.07, 6.45) is 2.98. The molecule has 2 aromatic heterocycles. The maximum atomic E-state index is 13.4. The number of amides is 3. The van der Waals surface area contributed by atoms with Crippen molar-refractivity contribution < 1.29 is 23.5 Å². The third-order valence-corrected chi connectivity index (χ3v) is 5.72. The van der Waals surface area contributed by atoms with Gasteiger partial charge in [-0.3, -0.25) is 14.4 Å². The van der Waals surface area contributed by atoms with Crippen LogP contribution in [0.2, 0.25) is 0 Å². The molecule has 0 aliphatic rings. The molecule has 10 heteroatoms. The van der Waals surface area contributed by atoms with E-state index in [1.54, 1.807) is 30.8 Å². The van der Waals surface area contributed by atoms with E-state index < -0.39 is 6.04 Å². The summed E-state index contributed by atoms with van der Waals surface area (Å²) in [7, 11) is 1.55. The first-order valence-electron chi connectivity index (χ1n) is 10.8. The van der Waals surface area contributed by atoms with Gasteiger partial charge in [-0.05, 0) is 24.6 Å². The van der Waals surface area contributed by atoms with Crippen molar-refractivity contribution in [1.29, 1.82) is 0 Å². The van der Waals surface area contributed by atoms with Gasteiger partial charge in [0.05, 0.1) is 19.4 Å². The van der Waals surface area contributed by atoms with Crippen molar-refractivity contribution in [2.24, 2.45) is 0 Å². The Kier molecular flexibility index (Phi) is 9.36. The number of rotatable bonds is 12. The molecule has 0 saturated heterocycles. The van der Waals surface area contributed by atoms with E-state index in [9.17, 15) is 14.4 Å². The maximum absolute atomic E-state index is 13.4.